The zero-order chi connectivity index (χ0) is 16.7. The maximum atomic E-state index is 10.5. The smallest absolute Gasteiger partial charge is 0.335 e. The van der Waals surface area contributed by atoms with Crippen molar-refractivity contribution in [1.29, 1.82) is 0 Å². The Kier molecular flexibility index (Phi) is 5.65. The quantitative estimate of drug-likeness (QED) is 0.632. The van der Waals surface area contributed by atoms with E-state index in [4.69, 9.17) is 21.7 Å². The SMILES string of the molecule is NC(=O)c1cccc(N)c1.O=C(O)c1ccc(C(=O)O)cc1. The number of nitrogens with two attached hydrogens (primary N) is 2. The summed E-state index contributed by atoms with van der Waals surface area (Å²) < 4.78 is 0. The molecule has 0 saturated heterocycles. The molecule has 6 N–H and O–H groups in total. The number of anilines is 1. The average Bonchev–Trinajstić information content (AvgIpc) is 2.48. The third-order valence-corrected chi connectivity index (χ3v) is 2.55. The van der Waals surface area contributed by atoms with E-state index in [1.807, 2.05) is 0 Å². The summed E-state index contributed by atoms with van der Waals surface area (Å²) in [5.41, 5.74) is 11.5. The number of carboxylic acid groups (broad SMARTS) is 2. The molecule has 0 radical (unpaired) electrons. The lowest BCUT2D eigenvalue weighted by atomic mass is 10.1. The second-order valence-corrected chi connectivity index (χ2v) is 4.18. The molecule has 0 atom stereocenters. The van der Waals surface area contributed by atoms with Gasteiger partial charge in [-0.2, -0.15) is 0 Å². The Labute approximate surface area is 125 Å². The van der Waals surface area contributed by atoms with Crippen molar-refractivity contribution in [3.8, 4) is 0 Å². The molecule has 0 aliphatic rings. The van der Waals surface area contributed by atoms with Crippen LogP contribution in [0.5, 0.6) is 0 Å². The summed E-state index contributed by atoms with van der Waals surface area (Å²) in [7, 11) is 0. The third kappa shape index (κ3) is 4.97. The van der Waals surface area contributed by atoms with Crippen molar-refractivity contribution in [3.05, 3.63) is 65.2 Å². The van der Waals surface area contributed by atoms with Gasteiger partial charge in [-0.3, -0.25) is 4.79 Å². The second kappa shape index (κ2) is 7.44. The van der Waals surface area contributed by atoms with Gasteiger partial charge in [0, 0.05) is 11.3 Å². The molecule has 0 aliphatic heterocycles. The summed E-state index contributed by atoms with van der Waals surface area (Å²) in [6.45, 7) is 0. The van der Waals surface area contributed by atoms with Gasteiger partial charge in [0.2, 0.25) is 5.91 Å². The van der Waals surface area contributed by atoms with Gasteiger partial charge in [-0.15, -0.1) is 0 Å². The van der Waals surface area contributed by atoms with Crippen molar-refractivity contribution in [2.45, 2.75) is 0 Å². The highest BCUT2D eigenvalue weighted by Gasteiger charge is 2.04. The summed E-state index contributed by atoms with van der Waals surface area (Å²) in [5.74, 6) is -2.58. The largest absolute Gasteiger partial charge is 0.478 e. The van der Waals surface area contributed by atoms with Crippen LogP contribution in [0.3, 0.4) is 0 Å². The molecule has 0 heterocycles. The first-order chi connectivity index (χ1) is 10.3. The van der Waals surface area contributed by atoms with Gasteiger partial charge in [-0.1, -0.05) is 6.07 Å². The van der Waals surface area contributed by atoms with Gasteiger partial charge in [0.25, 0.3) is 0 Å². The van der Waals surface area contributed by atoms with Crippen LogP contribution in [-0.4, -0.2) is 28.1 Å². The Hall–Kier alpha value is -3.35. The highest BCUT2D eigenvalue weighted by Crippen LogP contribution is 2.05. The average molecular weight is 302 g/mol. The van der Waals surface area contributed by atoms with Gasteiger partial charge < -0.3 is 21.7 Å². The van der Waals surface area contributed by atoms with Gasteiger partial charge in [0.05, 0.1) is 11.1 Å². The number of carbonyl (C=O) groups excluding carboxylic acids is 1. The first kappa shape index (κ1) is 16.7. The number of nitrogen functional groups attached to an aromatic ring is 1. The molecule has 0 spiro atoms. The fourth-order valence-electron chi connectivity index (χ4n) is 1.45. The predicted molar refractivity (Wildman–Crippen MR) is 79.7 cm³/mol. The minimum Gasteiger partial charge on any atom is -0.478 e. The van der Waals surface area contributed by atoms with Crippen LogP contribution in [0, 0.1) is 0 Å². The molecule has 2 aromatic carbocycles. The van der Waals surface area contributed by atoms with Crippen LogP contribution in [-0.2, 0) is 0 Å². The lowest BCUT2D eigenvalue weighted by molar-refractivity contribution is 0.0681. The summed E-state index contributed by atoms with van der Waals surface area (Å²) in [6.07, 6.45) is 0. The van der Waals surface area contributed by atoms with E-state index in [0.717, 1.165) is 0 Å². The molecule has 114 valence electrons. The third-order valence-electron chi connectivity index (χ3n) is 2.55. The summed E-state index contributed by atoms with van der Waals surface area (Å²) in [5, 5.41) is 16.9. The monoisotopic (exact) mass is 302 g/mol. The number of benzene rings is 2. The predicted octanol–water partition coefficient (Wildman–Crippen LogP) is 1.45. The van der Waals surface area contributed by atoms with Crippen LogP contribution in [0.25, 0.3) is 0 Å². The van der Waals surface area contributed by atoms with Crippen molar-refractivity contribution in [2.24, 2.45) is 5.73 Å². The lowest BCUT2D eigenvalue weighted by Crippen LogP contribution is -2.10. The van der Waals surface area contributed by atoms with E-state index in [1.54, 1.807) is 24.3 Å². The molecule has 7 nitrogen and oxygen atoms in total. The van der Waals surface area contributed by atoms with Crippen molar-refractivity contribution < 1.29 is 24.6 Å². The minimum atomic E-state index is -1.06. The molecule has 0 bridgehead atoms. The Balaban J connectivity index is 0.000000224. The number of aromatic carboxylic acids is 2. The van der Waals surface area contributed by atoms with Crippen LogP contribution in [0.15, 0.2) is 48.5 Å². The van der Waals surface area contributed by atoms with Crippen LogP contribution in [0.1, 0.15) is 31.1 Å². The van der Waals surface area contributed by atoms with Crippen molar-refractivity contribution in [3.63, 3.8) is 0 Å². The van der Waals surface area contributed by atoms with Crippen LogP contribution in [0.4, 0.5) is 5.69 Å². The Morgan fingerprint density at radius 2 is 1.23 bits per heavy atom. The maximum absolute atomic E-state index is 10.5. The van der Waals surface area contributed by atoms with Crippen molar-refractivity contribution in [1.82, 2.24) is 0 Å². The molecule has 1 amide bonds. The first-order valence-electron chi connectivity index (χ1n) is 6.03. The van der Waals surface area contributed by atoms with Crippen LogP contribution >= 0.6 is 0 Å². The molecule has 2 aromatic rings. The number of rotatable bonds is 3. The lowest BCUT2D eigenvalue weighted by Gasteiger charge is -1.94. The number of carbonyl (C=O) groups is 3. The molecular formula is C15H14N2O5. The van der Waals surface area contributed by atoms with Crippen molar-refractivity contribution in [2.75, 3.05) is 5.73 Å². The van der Waals surface area contributed by atoms with Gasteiger partial charge in [-0.05, 0) is 42.5 Å². The molecule has 7 heteroatoms. The van der Waals surface area contributed by atoms with Gasteiger partial charge in [-0.25, -0.2) is 9.59 Å². The maximum Gasteiger partial charge on any atom is 0.335 e. The zero-order valence-electron chi connectivity index (χ0n) is 11.4. The van der Waals surface area contributed by atoms with E-state index >= 15 is 0 Å². The first-order valence-corrected chi connectivity index (χ1v) is 6.03. The molecule has 22 heavy (non-hydrogen) atoms. The number of amides is 1. The van der Waals surface area contributed by atoms with E-state index in [2.05, 4.69) is 0 Å². The summed E-state index contributed by atoms with van der Waals surface area (Å²) in [4.78, 5) is 31.2. The Bertz CT molecular complexity index is 662. The highest BCUT2D eigenvalue weighted by molar-refractivity contribution is 5.93. The number of hydrogen-bond acceptors (Lipinski definition) is 4. The Morgan fingerprint density at radius 3 is 1.50 bits per heavy atom. The van der Waals surface area contributed by atoms with Gasteiger partial charge in [0.15, 0.2) is 0 Å². The number of primary amides is 1. The number of carboxylic acids is 2. The molecule has 2 rings (SSSR count). The standard InChI is InChI=1S/C8H6O4.C7H8N2O/c9-7(10)5-1-2-6(4-3-5)8(11)12;8-6-3-1-2-5(4-6)7(9)10/h1-4H,(H,9,10)(H,11,12);1-4H,8H2,(H2,9,10). The van der Waals surface area contributed by atoms with E-state index in [9.17, 15) is 14.4 Å². The highest BCUT2D eigenvalue weighted by atomic mass is 16.4. The fraction of sp³-hybridized carbons (Fsp3) is 0. The van der Waals surface area contributed by atoms with Crippen LogP contribution in [0.2, 0.25) is 0 Å². The van der Waals surface area contributed by atoms with E-state index in [0.29, 0.717) is 11.3 Å². The molecular weight excluding hydrogens is 288 g/mol. The molecule has 0 unspecified atom stereocenters. The normalized spacial score (nSPS) is 9.27. The summed E-state index contributed by atoms with van der Waals surface area (Å²) >= 11 is 0. The van der Waals surface area contributed by atoms with E-state index in [-0.39, 0.29) is 11.1 Å². The molecule has 0 aliphatic carbocycles. The number of hydrogen-bond donors (Lipinski definition) is 4. The molecule has 0 saturated carbocycles. The Morgan fingerprint density at radius 1 is 0.773 bits per heavy atom. The van der Waals surface area contributed by atoms with Crippen LogP contribution < -0.4 is 11.5 Å². The second-order valence-electron chi connectivity index (χ2n) is 4.18. The molecule has 0 fully saturated rings. The van der Waals surface area contributed by atoms with E-state index < -0.39 is 17.8 Å². The zero-order valence-corrected chi connectivity index (χ0v) is 11.4. The summed E-state index contributed by atoms with van der Waals surface area (Å²) in [6, 6.07) is 11.6. The van der Waals surface area contributed by atoms with Gasteiger partial charge in [0.1, 0.15) is 0 Å². The van der Waals surface area contributed by atoms with Crippen molar-refractivity contribution >= 4 is 23.5 Å². The fourth-order valence-corrected chi connectivity index (χ4v) is 1.45. The van der Waals surface area contributed by atoms with Gasteiger partial charge >= 0.3 is 11.9 Å². The topological polar surface area (TPSA) is 144 Å². The van der Waals surface area contributed by atoms with E-state index in [1.165, 1.54) is 24.3 Å². The molecule has 0 aromatic heterocycles. The minimum absolute atomic E-state index is 0.0833.